The lowest BCUT2D eigenvalue weighted by molar-refractivity contribution is -0.219. The molecule has 5 atom stereocenters. The van der Waals surface area contributed by atoms with Crippen LogP contribution in [0.3, 0.4) is 0 Å². The Bertz CT molecular complexity index is 722. The summed E-state index contributed by atoms with van der Waals surface area (Å²) in [5.41, 5.74) is 5.95. The standard InChI is InChI=1S/C13H17N5O4/c1-6-13(3-20-2)9(19)8(21-6)12(22-13)18-5-17-7-10(14)15-4-16-11(7)18/h4-6,8-9,12,19H,3H2,1-2H3,(H2,14,15,16)/t6?,8?,9-,12?,13?/m1/s1. The molecule has 4 heterocycles. The Morgan fingerprint density at radius 3 is 3.05 bits per heavy atom. The number of nitrogens with two attached hydrogens (primary N) is 1. The van der Waals surface area contributed by atoms with E-state index in [-0.39, 0.29) is 12.7 Å². The minimum Gasteiger partial charge on any atom is -0.387 e. The Labute approximate surface area is 126 Å². The van der Waals surface area contributed by atoms with Gasteiger partial charge in [0.25, 0.3) is 0 Å². The molecule has 2 saturated heterocycles. The first-order valence-corrected chi connectivity index (χ1v) is 7.02. The maximum absolute atomic E-state index is 10.6. The van der Waals surface area contributed by atoms with E-state index >= 15 is 0 Å². The van der Waals surface area contributed by atoms with Crippen molar-refractivity contribution in [3.05, 3.63) is 12.7 Å². The van der Waals surface area contributed by atoms with E-state index in [4.69, 9.17) is 19.9 Å². The molecule has 9 heteroatoms. The van der Waals surface area contributed by atoms with Crippen molar-refractivity contribution in [3.8, 4) is 0 Å². The van der Waals surface area contributed by atoms with Gasteiger partial charge in [0.05, 0.1) is 19.0 Å². The van der Waals surface area contributed by atoms with Crippen LogP contribution in [0, 0.1) is 0 Å². The molecular weight excluding hydrogens is 290 g/mol. The number of ether oxygens (including phenoxy) is 3. The van der Waals surface area contributed by atoms with Crippen molar-refractivity contribution >= 4 is 17.0 Å². The molecule has 0 spiro atoms. The second kappa shape index (κ2) is 4.59. The molecule has 3 N–H and O–H groups in total. The molecule has 2 aromatic heterocycles. The van der Waals surface area contributed by atoms with E-state index < -0.39 is 24.0 Å². The number of fused-ring (bicyclic) bond motifs is 3. The summed E-state index contributed by atoms with van der Waals surface area (Å²) >= 11 is 0. The number of methoxy groups -OCH3 is 1. The van der Waals surface area contributed by atoms with E-state index in [1.807, 2.05) is 6.92 Å². The number of aromatic nitrogens is 4. The molecule has 0 amide bonds. The summed E-state index contributed by atoms with van der Waals surface area (Å²) in [4.78, 5) is 12.3. The van der Waals surface area contributed by atoms with Crippen molar-refractivity contribution in [3.63, 3.8) is 0 Å². The predicted molar refractivity (Wildman–Crippen MR) is 74.8 cm³/mol. The smallest absolute Gasteiger partial charge is 0.167 e. The van der Waals surface area contributed by atoms with Crippen molar-refractivity contribution in [2.24, 2.45) is 0 Å². The molecule has 0 aromatic carbocycles. The first-order chi connectivity index (χ1) is 10.6. The van der Waals surface area contributed by atoms with Gasteiger partial charge >= 0.3 is 0 Å². The molecule has 118 valence electrons. The van der Waals surface area contributed by atoms with Gasteiger partial charge in [0, 0.05) is 7.11 Å². The molecule has 2 aliphatic rings. The van der Waals surface area contributed by atoms with Gasteiger partial charge in [-0.1, -0.05) is 0 Å². The lowest BCUT2D eigenvalue weighted by atomic mass is 9.94. The summed E-state index contributed by atoms with van der Waals surface area (Å²) in [6, 6.07) is 0. The van der Waals surface area contributed by atoms with Crippen LogP contribution in [0.15, 0.2) is 12.7 Å². The summed E-state index contributed by atoms with van der Waals surface area (Å²) < 4.78 is 18.9. The molecule has 2 aliphatic heterocycles. The minimum atomic E-state index is -0.890. The lowest BCUT2D eigenvalue weighted by Crippen LogP contribution is -2.49. The van der Waals surface area contributed by atoms with Crippen molar-refractivity contribution in [1.29, 1.82) is 0 Å². The molecule has 4 unspecified atom stereocenters. The Balaban J connectivity index is 1.77. The van der Waals surface area contributed by atoms with E-state index in [0.717, 1.165) is 0 Å². The summed E-state index contributed by atoms with van der Waals surface area (Å²) in [6.07, 6.45) is 0.831. The van der Waals surface area contributed by atoms with Crippen molar-refractivity contribution in [1.82, 2.24) is 19.5 Å². The summed E-state index contributed by atoms with van der Waals surface area (Å²) in [6.45, 7) is 2.11. The molecule has 0 radical (unpaired) electrons. The zero-order chi connectivity index (χ0) is 15.5. The fraction of sp³-hybridized carbons (Fsp3) is 0.615. The molecule has 2 aromatic rings. The highest BCUT2D eigenvalue weighted by atomic mass is 16.7. The quantitative estimate of drug-likeness (QED) is 0.777. The third-order valence-electron chi connectivity index (χ3n) is 4.51. The Hall–Kier alpha value is -1.81. The van der Waals surface area contributed by atoms with Crippen molar-refractivity contribution in [2.45, 2.75) is 37.1 Å². The van der Waals surface area contributed by atoms with Crippen LogP contribution in [0.4, 0.5) is 5.82 Å². The molecule has 2 bridgehead atoms. The largest absolute Gasteiger partial charge is 0.387 e. The van der Waals surface area contributed by atoms with Crippen molar-refractivity contribution < 1.29 is 19.3 Å². The SMILES string of the molecule is COCC12OC(n3cnc4c(N)ncnc43)C(OC1C)[C@H]2O. The Kier molecular flexibility index (Phi) is 2.89. The van der Waals surface area contributed by atoms with Gasteiger partial charge in [0.1, 0.15) is 29.7 Å². The highest BCUT2D eigenvalue weighted by Crippen LogP contribution is 2.49. The zero-order valence-corrected chi connectivity index (χ0v) is 12.2. The molecular formula is C13H17N5O4. The van der Waals surface area contributed by atoms with E-state index in [2.05, 4.69) is 15.0 Å². The second-order valence-electron chi connectivity index (χ2n) is 5.67. The van der Waals surface area contributed by atoms with Crippen LogP contribution in [-0.4, -0.2) is 62.3 Å². The summed E-state index contributed by atoms with van der Waals surface area (Å²) in [5.74, 6) is 0.299. The average Bonchev–Trinajstić information content (AvgIpc) is 3.10. The Morgan fingerprint density at radius 2 is 2.27 bits per heavy atom. The van der Waals surface area contributed by atoms with Gasteiger partial charge in [-0.3, -0.25) is 4.57 Å². The number of hydrogen-bond donors (Lipinski definition) is 2. The molecule has 0 aliphatic carbocycles. The monoisotopic (exact) mass is 307 g/mol. The van der Waals surface area contributed by atoms with Gasteiger partial charge in [0.2, 0.25) is 0 Å². The normalized spacial score (nSPS) is 37.2. The number of imidazole rings is 1. The van der Waals surface area contributed by atoms with Gasteiger partial charge in [-0.2, -0.15) is 0 Å². The maximum Gasteiger partial charge on any atom is 0.167 e. The van der Waals surface area contributed by atoms with Crippen LogP contribution in [0.5, 0.6) is 0 Å². The van der Waals surface area contributed by atoms with Gasteiger partial charge in [0.15, 0.2) is 17.7 Å². The molecule has 2 fully saturated rings. The van der Waals surface area contributed by atoms with E-state index in [1.54, 1.807) is 18.0 Å². The highest BCUT2D eigenvalue weighted by molar-refractivity contribution is 5.81. The topological polar surface area (TPSA) is 118 Å². The third kappa shape index (κ3) is 1.59. The van der Waals surface area contributed by atoms with Crippen LogP contribution in [0.1, 0.15) is 13.2 Å². The van der Waals surface area contributed by atoms with Gasteiger partial charge in [-0.05, 0) is 6.92 Å². The van der Waals surface area contributed by atoms with Crippen LogP contribution in [-0.2, 0) is 14.2 Å². The third-order valence-corrected chi connectivity index (χ3v) is 4.51. The van der Waals surface area contributed by atoms with Gasteiger partial charge < -0.3 is 25.1 Å². The number of anilines is 1. The van der Waals surface area contributed by atoms with E-state index in [9.17, 15) is 5.11 Å². The van der Waals surface area contributed by atoms with Crippen molar-refractivity contribution in [2.75, 3.05) is 19.5 Å². The first-order valence-electron chi connectivity index (χ1n) is 7.02. The van der Waals surface area contributed by atoms with Crippen LogP contribution >= 0.6 is 0 Å². The van der Waals surface area contributed by atoms with Crippen LogP contribution in [0.25, 0.3) is 11.2 Å². The fourth-order valence-corrected chi connectivity index (χ4v) is 3.36. The van der Waals surface area contributed by atoms with Crippen LogP contribution in [0.2, 0.25) is 0 Å². The number of aliphatic hydroxyl groups excluding tert-OH is 1. The summed E-state index contributed by atoms with van der Waals surface area (Å²) in [5, 5.41) is 10.6. The van der Waals surface area contributed by atoms with E-state index in [1.165, 1.54) is 6.33 Å². The minimum absolute atomic E-state index is 0.242. The molecule has 0 saturated carbocycles. The lowest BCUT2D eigenvalue weighted by Gasteiger charge is -2.35. The number of nitrogens with zero attached hydrogens (tertiary/aromatic N) is 4. The molecule has 4 rings (SSSR count). The van der Waals surface area contributed by atoms with E-state index in [0.29, 0.717) is 17.0 Å². The first kappa shape index (κ1) is 13.8. The molecule has 9 nitrogen and oxygen atoms in total. The second-order valence-corrected chi connectivity index (χ2v) is 5.67. The highest BCUT2D eigenvalue weighted by Gasteiger charge is 2.65. The van der Waals surface area contributed by atoms with Gasteiger partial charge in [-0.25, -0.2) is 15.0 Å². The molecule has 22 heavy (non-hydrogen) atoms. The van der Waals surface area contributed by atoms with Crippen LogP contribution < -0.4 is 5.73 Å². The zero-order valence-electron chi connectivity index (χ0n) is 12.2. The number of aliphatic hydroxyl groups is 1. The summed E-state index contributed by atoms with van der Waals surface area (Å²) in [7, 11) is 1.57. The number of hydrogen-bond acceptors (Lipinski definition) is 8. The Morgan fingerprint density at radius 1 is 1.45 bits per heavy atom. The average molecular weight is 307 g/mol. The van der Waals surface area contributed by atoms with Gasteiger partial charge in [-0.15, -0.1) is 0 Å². The predicted octanol–water partition coefficient (Wildman–Crippen LogP) is -0.529. The fourth-order valence-electron chi connectivity index (χ4n) is 3.36. The maximum atomic E-state index is 10.6. The number of rotatable bonds is 3. The number of nitrogen functional groups attached to an aromatic ring is 1.